The van der Waals surface area contributed by atoms with Gasteiger partial charge in [-0.05, 0) is 37.1 Å². The van der Waals surface area contributed by atoms with E-state index < -0.39 is 5.97 Å². The second kappa shape index (κ2) is 5.91. The van der Waals surface area contributed by atoms with Crippen LogP contribution in [0.4, 0.5) is 0 Å². The van der Waals surface area contributed by atoms with Crippen molar-refractivity contribution >= 4 is 23.6 Å². The van der Waals surface area contributed by atoms with Gasteiger partial charge in [0.25, 0.3) is 0 Å². The zero-order valence-corrected chi connectivity index (χ0v) is 10.7. The van der Waals surface area contributed by atoms with E-state index in [4.69, 9.17) is 5.11 Å². The third kappa shape index (κ3) is 3.50. The monoisotopic (exact) mass is 265 g/mol. The van der Waals surface area contributed by atoms with Crippen LogP contribution in [0.1, 0.15) is 29.6 Å². The number of thioether (sulfide) groups is 1. The van der Waals surface area contributed by atoms with Crippen molar-refractivity contribution in [1.82, 2.24) is 5.32 Å². The fourth-order valence-corrected chi connectivity index (χ4v) is 3.11. The average molecular weight is 265 g/mol. The van der Waals surface area contributed by atoms with Gasteiger partial charge in [-0.15, -0.1) is 11.8 Å². The molecule has 4 nitrogen and oxygen atoms in total. The molecule has 1 atom stereocenters. The van der Waals surface area contributed by atoms with Gasteiger partial charge in [-0.25, -0.2) is 4.79 Å². The lowest BCUT2D eigenvalue weighted by Crippen LogP contribution is -2.22. The van der Waals surface area contributed by atoms with Gasteiger partial charge < -0.3 is 10.4 Å². The number of rotatable bonds is 3. The van der Waals surface area contributed by atoms with Crippen LogP contribution in [0.25, 0.3) is 0 Å². The van der Waals surface area contributed by atoms with Gasteiger partial charge in [-0.2, -0.15) is 0 Å². The number of carbonyl (C=O) groups is 2. The van der Waals surface area contributed by atoms with Crippen molar-refractivity contribution in [2.75, 3.05) is 6.54 Å². The van der Waals surface area contributed by atoms with Crippen molar-refractivity contribution in [3.8, 4) is 0 Å². The first kappa shape index (κ1) is 13.0. The van der Waals surface area contributed by atoms with Gasteiger partial charge in [0, 0.05) is 23.1 Å². The summed E-state index contributed by atoms with van der Waals surface area (Å²) in [6, 6.07) is 6.80. The molecule has 1 unspecified atom stereocenters. The molecule has 1 aromatic rings. The highest BCUT2D eigenvalue weighted by atomic mass is 32.2. The molecule has 2 N–H and O–H groups in total. The van der Waals surface area contributed by atoms with Crippen LogP contribution in [0, 0.1) is 0 Å². The van der Waals surface area contributed by atoms with Crippen LogP contribution in [-0.2, 0) is 4.79 Å². The zero-order valence-electron chi connectivity index (χ0n) is 9.89. The lowest BCUT2D eigenvalue weighted by molar-refractivity contribution is -0.120. The van der Waals surface area contributed by atoms with Crippen LogP contribution in [-0.4, -0.2) is 28.8 Å². The molecule has 2 rings (SSSR count). The van der Waals surface area contributed by atoms with E-state index in [1.807, 2.05) is 0 Å². The van der Waals surface area contributed by atoms with Gasteiger partial charge in [0.2, 0.25) is 5.91 Å². The summed E-state index contributed by atoms with van der Waals surface area (Å²) in [7, 11) is 0. The van der Waals surface area contributed by atoms with Crippen LogP contribution in [0.5, 0.6) is 0 Å². The Kier molecular flexibility index (Phi) is 4.25. The van der Waals surface area contributed by atoms with Gasteiger partial charge in [0.05, 0.1) is 5.56 Å². The molecule has 96 valence electrons. The quantitative estimate of drug-likeness (QED) is 0.878. The van der Waals surface area contributed by atoms with Gasteiger partial charge in [-0.3, -0.25) is 4.79 Å². The lowest BCUT2D eigenvalue weighted by Gasteiger charge is -2.12. The normalized spacial score (nSPS) is 20.0. The Morgan fingerprint density at radius 3 is 2.72 bits per heavy atom. The van der Waals surface area contributed by atoms with Gasteiger partial charge >= 0.3 is 5.97 Å². The first-order chi connectivity index (χ1) is 8.65. The Morgan fingerprint density at radius 2 is 2.06 bits per heavy atom. The summed E-state index contributed by atoms with van der Waals surface area (Å²) >= 11 is 1.65. The highest BCUT2D eigenvalue weighted by molar-refractivity contribution is 8.00. The van der Waals surface area contributed by atoms with E-state index in [1.165, 1.54) is 0 Å². The number of benzene rings is 1. The Labute approximate surface area is 110 Å². The fraction of sp³-hybridized carbons (Fsp3) is 0.385. The predicted octanol–water partition coefficient (Wildman–Crippen LogP) is 2.15. The summed E-state index contributed by atoms with van der Waals surface area (Å²) in [6.07, 6.45) is 2.53. The van der Waals surface area contributed by atoms with Crippen molar-refractivity contribution in [3.63, 3.8) is 0 Å². The highest BCUT2D eigenvalue weighted by Gasteiger charge is 2.18. The molecule has 5 heteroatoms. The molecule has 1 aliphatic heterocycles. The molecule has 0 aromatic heterocycles. The molecule has 1 saturated heterocycles. The molecular formula is C13H15NO3S. The standard InChI is InChI=1S/C13H15NO3S/c15-12-8-11(2-1-7-14-12)18-10-5-3-9(4-6-10)13(16)17/h3-6,11H,1-2,7-8H2,(H,14,15)(H,16,17). The van der Waals surface area contributed by atoms with E-state index in [0.717, 1.165) is 24.3 Å². The van der Waals surface area contributed by atoms with E-state index in [-0.39, 0.29) is 16.7 Å². The topological polar surface area (TPSA) is 66.4 Å². The number of hydrogen-bond donors (Lipinski definition) is 2. The van der Waals surface area contributed by atoms with E-state index in [1.54, 1.807) is 36.0 Å². The van der Waals surface area contributed by atoms with E-state index in [0.29, 0.717) is 6.42 Å². The molecule has 1 heterocycles. The minimum atomic E-state index is -0.916. The summed E-state index contributed by atoms with van der Waals surface area (Å²) in [5.41, 5.74) is 0.290. The molecule has 1 fully saturated rings. The maximum atomic E-state index is 11.4. The van der Waals surface area contributed by atoms with E-state index >= 15 is 0 Å². The number of hydrogen-bond acceptors (Lipinski definition) is 3. The van der Waals surface area contributed by atoms with Crippen LogP contribution in [0.15, 0.2) is 29.2 Å². The minimum Gasteiger partial charge on any atom is -0.478 e. The molecule has 1 amide bonds. The first-order valence-corrected chi connectivity index (χ1v) is 6.80. The van der Waals surface area contributed by atoms with Crippen molar-refractivity contribution in [3.05, 3.63) is 29.8 Å². The Morgan fingerprint density at radius 1 is 1.33 bits per heavy atom. The molecule has 0 radical (unpaired) electrons. The van der Waals surface area contributed by atoms with Crippen LogP contribution in [0.2, 0.25) is 0 Å². The fourth-order valence-electron chi connectivity index (χ4n) is 1.91. The summed E-state index contributed by atoms with van der Waals surface area (Å²) in [4.78, 5) is 23.2. The van der Waals surface area contributed by atoms with Crippen molar-refractivity contribution < 1.29 is 14.7 Å². The predicted molar refractivity (Wildman–Crippen MR) is 69.9 cm³/mol. The maximum Gasteiger partial charge on any atom is 0.335 e. The minimum absolute atomic E-state index is 0.104. The highest BCUT2D eigenvalue weighted by Crippen LogP contribution is 2.29. The second-order valence-corrected chi connectivity index (χ2v) is 5.64. The average Bonchev–Trinajstić information content (AvgIpc) is 2.54. The van der Waals surface area contributed by atoms with Gasteiger partial charge in [0.15, 0.2) is 0 Å². The third-order valence-electron chi connectivity index (χ3n) is 2.84. The number of carbonyl (C=O) groups excluding carboxylic acids is 1. The van der Waals surface area contributed by atoms with Gasteiger partial charge in [-0.1, -0.05) is 0 Å². The third-order valence-corrected chi connectivity index (χ3v) is 4.12. The van der Waals surface area contributed by atoms with Crippen molar-refractivity contribution in [2.24, 2.45) is 0 Å². The number of aromatic carboxylic acids is 1. The van der Waals surface area contributed by atoms with Gasteiger partial charge in [0.1, 0.15) is 0 Å². The molecule has 18 heavy (non-hydrogen) atoms. The smallest absolute Gasteiger partial charge is 0.335 e. The number of carboxylic acids is 1. The summed E-state index contributed by atoms with van der Waals surface area (Å²) < 4.78 is 0. The molecule has 1 aliphatic rings. The largest absolute Gasteiger partial charge is 0.478 e. The van der Waals surface area contributed by atoms with Crippen molar-refractivity contribution in [1.29, 1.82) is 0 Å². The lowest BCUT2D eigenvalue weighted by atomic mass is 10.2. The van der Waals surface area contributed by atoms with E-state index in [9.17, 15) is 9.59 Å². The number of carboxylic acid groups (broad SMARTS) is 1. The summed E-state index contributed by atoms with van der Waals surface area (Å²) in [6.45, 7) is 0.758. The first-order valence-electron chi connectivity index (χ1n) is 5.92. The van der Waals surface area contributed by atoms with Crippen LogP contribution >= 0.6 is 11.8 Å². The number of nitrogens with one attached hydrogen (secondary N) is 1. The SMILES string of the molecule is O=C1CC(Sc2ccc(C(=O)O)cc2)CCCN1. The Hall–Kier alpha value is -1.49. The number of amides is 1. The zero-order chi connectivity index (χ0) is 13.0. The van der Waals surface area contributed by atoms with Crippen LogP contribution < -0.4 is 5.32 Å². The molecular weight excluding hydrogens is 250 g/mol. The maximum absolute atomic E-state index is 11.4. The molecule has 0 saturated carbocycles. The Bertz CT molecular complexity index is 444. The molecule has 0 bridgehead atoms. The van der Waals surface area contributed by atoms with Crippen molar-refractivity contribution in [2.45, 2.75) is 29.4 Å². The van der Waals surface area contributed by atoms with E-state index in [2.05, 4.69) is 5.32 Å². The molecule has 1 aromatic carbocycles. The second-order valence-electron chi connectivity index (χ2n) is 4.27. The van der Waals surface area contributed by atoms with Crippen LogP contribution in [0.3, 0.4) is 0 Å². The Balaban J connectivity index is 1.99. The molecule has 0 spiro atoms. The summed E-state index contributed by atoms with van der Waals surface area (Å²) in [5.74, 6) is -0.812. The molecule has 0 aliphatic carbocycles. The summed E-state index contributed by atoms with van der Waals surface area (Å²) in [5, 5.41) is 11.9.